The first-order chi connectivity index (χ1) is 14.6. The van der Waals surface area contributed by atoms with Crippen molar-refractivity contribution < 1.29 is 15.0 Å². The van der Waals surface area contributed by atoms with Gasteiger partial charge in [-0.05, 0) is 91.8 Å². The van der Waals surface area contributed by atoms with Gasteiger partial charge in [-0.15, -0.1) is 0 Å². The minimum atomic E-state index is -1.21. The lowest BCUT2D eigenvalue weighted by Crippen LogP contribution is -2.66. The number of carbonyl (C=O) groups is 1. The van der Waals surface area contributed by atoms with Crippen LogP contribution in [0.4, 0.5) is 0 Å². The maximum absolute atomic E-state index is 13.5. The number of hydrogen-bond acceptors (Lipinski definition) is 3. The first-order valence-electron chi connectivity index (χ1n) is 13.4. The third kappa shape index (κ3) is 3.65. The Hall–Kier alpha value is -0.410. The fourth-order valence-electron chi connectivity index (χ4n) is 9.31. The molecule has 4 aliphatic rings. The predicted molar refractivity (Wildman–Crippen MR) is 125 cm³/mol. The van der Waals surface area contributed by atoms with Crippen LogP contribution in [0.1, 0.15) is 105 Å². The van der Waals surface area contributed by atoms with Crippen molar-refractivity contribution in [3.63, 3.8) is 0 Å². The van der Waals surface area contributed by atoms with Gasteiger partial charge < -0.3 is 10.2 Å². The highest BCUT2D eigenvalue weighted by molar-refractivity contribution is 5.89. The smallest absolute Gasteiger partial charge is 0.165 e. The van der Waals surface area contributed by atoms with E-state index in [1.165, 1.54) is 44.9 Å². The Morgan fingerprint density at radius 2 is 1.74 bits per heavy atom. The standard InChI is InChI=1S/C28H48O3/c1-18(2)7-6-8-19(3)22-9-10-23-21-15-25(30)28(31)16-20(17-29)11-14-27(28,5)24(21)12-13-26(22,23)4/h18-24,29,31H,6-17H2,1-5H3/t19-,20+,21+,22-,23+,24+,26-,27-,28+/m1/s1. The topological polar surface area (TPSA) is 57.5 Å². The fourth-order valence-corrected chi connectivity index (χ4v) is 9.31. The Kier molecular flexibility index (Phi) is 6.45. The van der Waals surface area contributed by atoms with Gasteiger partial charge in [0.1, 0.15) is 5.60 Å². The molecule has 3 nitrogen and oxygen atoms in total. The van der Waals surface area contributed by atoms with E-state index in [1.807, 2.05) is 0 Å². The van der Waals surface area contributed by atoms with Crippen molar-refractivity contribution in [1.29, 1.82) is 0 Å². The van der Waals surface area contributed by atoms with Crippen LogP contribution >= 0.6 is 0 Å². The lowest BCUT2D eigenvalue weighted by Gasteiger charge is -2.63. The number of hydrogen-bond donors (Lipinski definition) is 2. The van der Waals surface area contributed by atoms with Crippen LogP contribution in [0.25, 0.3) is 0 Å². The summed E-state index contributed by atoms with van der Waals surface area (Å²) in [5.41, 5.74) is -1.15. The van der Waals surface area contributed by atoms with Crippen LogP contribution in [0, 0.1) is 52.3 Å². The first-order valence-corrected chi connectivity index (χ1v) is 13.4. The van der Waals surface area contributed by atoms with E-state index >= 15 is 0 Å². The van der Waals surface area contributed by atoms with Crippen LogP contribution in [0.3, 0.4) is 0 Å². The van der Waals surface area contributed by atoms with E-state index in [0.29, 0.717) is 36.0 Å². The summed E-state index contributed by atoms with van der Waals surface area (Å²) in [4.78, 5) is 13.5. The Balaban J connectivity index is 1.53. The molecule has 0 aromatic heterocycles. The van der Waals surface area contributed by atoms with Crippen molar-refractivity contribution in [1.82, 2.24) is 0 Å². The monoisotopic (exact) mass is 432 g/mol. The predicted octanol–water partition coefficient (Wildman–Crippen LogP) is 6.01. The molecule has 31 heavy (non-hydrogen) atoms. The Labute approximate surface area is 190 Å². The summed E-state index contributed by atoms with van der Waals surface area (Å²) in [5.74, 6) is 4.09. The summed E-state index contributed by atoms with van der Waals surface area (Å²) >= 11 is 0. The molecule has 2 N–H and O–H groups in total. The second-order valence-corrected chi connectivity index (χ2v) is 13.1. The maximum Gasteiger partial charge on any atom is 0.165 e. The minimum absolute atomic E-state index is 0.0787. The molecule has 3 heteroatoms. The van der Waals surface area contributed by atoms with Crippen LogP contribution in [0.15, 0.2) is 0 Å². The maximum atomic E-state index is 13.5. The zero-order valence-electron chi connectivity index (χ0n) is 20.8. The molecule has 0 spiro atoms. The second kappa shape index (κ2) is 8.42. The molecule has 4 fully saturated rings. The zero-order valence-corrected chi connectivity index (χ0v) is 20.8. The third-order valence-electron chi connectivity index (χ3n) is 11.2. The van der Waals surface area contributed by atoms with Gasteiger partial charge in [0.25, 0.3) is 0 Å². The molecule has 0 heterocycles. The third-order valence-corrected chi connectivity index (χ3v) is 11.2. The van der Waals surface area contributed by atoms with Crippen LogP contribution in [0.2, 0.25) is 0 Å². The summed E-state index contributed by atoms with van der Waals surface area (Å²) < 4.78 is 0. The molecule has 0 unspecified atom stereocenters. The van der Waals surface area contributed by atoms with Gasteiger partial charge in [0.15, 0.2) is 5.78 Å². The average molecular weight is 433 g/mol. The van der Waals surface area contributed by atoms with Gasteiger partial charge in [-0.1, -0.05) is 53.9 Å². The molecular formula is C28H48O3. The molecule has 9 atom stereocenters. The Bertz CT molecular complexity index is 673. The molecule has 0 bridgehead atoms. The molecule has 0 aromatic rings. The van der Waals surface area contributed by atoms with Crippen molar-refractivity contribution >= 4 is 5.78 Å². The van der Waals surface area contributed by atoms with Gasteiger partial charge in [-0.3, -0.25) is 4.79 Å². The van der Waals surface area contributed by atoms with Gasteiger partial charge >= 0.3 is 0 Å². The van der Waals surface area contributed by atoms with Crippen molar-refractivity contribution in [2.24, 2.45) is 52.3 Å². The first kappa shape index (κ1) is 23.7. The van der Waals surface area contributed by atoms with E-state index in [-0.39, 0.29) is 23.7 Å². The number of carbonyl (C=O) groups excluding carboxylic acids is 1. The summed E-state index contributed by atoms with van der Waals surface area (Å²) in [5, 5.41) is 21.4. The highest BCUT2D eigenvalue weighted by atomic mass is 16.3. The van der Waals surface area contributed by atoms with Crippen LogP contribution in [-0.4, -0.2) is 28.2 Å². The summed E-state index contributed by atoms with van der Waals surface area (Å²) in [7, 11) is 0. The molecule has 0 aromatic carbocycles. The van der Waals surface area contributed by atoms with E-state index in [4.69, 9.17) is 0 Å². The zero-order chi connectivity index (χ0) is 22.6. The molecule has 0 saturated heterocycles. The van der Waals surface area contributed by atoms with Crippen molar-refractivity contribution in [2.45, 2.75) is 111 Å². The van der Waals surface area contributed by atoms with Crippen molar-refractivity contribution in [3.8, 4) is 0 Å². The van der Waals surface area contributed by atoms with Gasteiger partial charge in [0.05, 0.1) is 0 Å². The lowest BCUT2D eigenvalue weighted by molar-refractivity contribution is -0.210. The Morgan fingerprint density at radius 3 is 2.42 bits per heavy atom. The number of rotatable bonds is 6. The van der Waals surface area contributed by atoms with Gasteiger partial charge in [0, 0.05) is 18.4 Å². The molecule has 4 aliphatic carbocycles. The van der Waals surface area contributed by atoms with E-state index < -0.39 is 5.60 Å². The summed E-state index contributed by atoms with van der Waals surface area (Å²) in [6.45, 7) is 12.0. The molecule has 4 rings (SSSR count). The van der Waals surface area contributed by atoms with E-state index in [0.717, 1.165) is 30.6 Å². The van der Waals surface area contributed by atoms with Crippen LogP contribution in [0.5, 0.6) is 0 Å². The van der Waals surface area contributed by atoms with Crippen molar-refractivity contribution in [2.75, 3.05) is 6.61 Å². The summed E-state index contributed by atoms with van der Waals surface area (Å²) in [6, 6.07) is 0. The second-order valence-electron chi connectivity index (χ2n) is 13.1. The summed E-state index contributed by atoms with van der Waals surface area (Å²) in [6.07, 6.45) is 11.9. The number of aliphatic hydroxyl groups is 2. The Morgan fingerprint density at radius 1 is 1.00 bits per heavy atom. The van der Waals surface area contributed by atoms with E-state index in [9.17, 15) is 15.0 Å². The van der Waals surface area contributed by atoms with Gasteiger partial charge in [0.2, 0.25) is 0 Å². The fraction of sp³-hybridized carbons (Fsp3) is 0.964. The quantitative estimate of drug-likeness (QED) is 0.540. The number of ketones is 1. The molecule has 0 aliphatic heterocycles. The highest BCUT2D eigenvalue weighted by Crippen LogP contribution is 2.68. The lowest BCUT2D eigenvalue weighted by atomic mass is 9.42. The van der Waals surface area contributed by atoms with Crippen LogP contribution in [-0.2, 0) is 4.79 Å². The van der Waals surface area contributed by atoms with Gasteiger partial charge in [-0.2, -0.15) is 0 Å². The molecular weight excluding hydrogens is 384 g/mol. The molecule has 178 valence electrons. The number of Topliss-reactive ketones (excluding diaryl/α,β-unsaturated/α-hetero) is 1. The van der Waals surface area contributed by atoms with Crippen LogP contribution < -0.4 is 0 Å². The number of fused-ring (bicyclic) bond motifs is 5. The van der Waals surface area contributed by atoms with E-state index in [1.54, 1.807) is 0 Å². The minimum Gasteiger partial charge on any atom is -0.396 e. The van der Waals surface area contributed by atoms with Gasteiger partial charge in [-0.25, -0.2) is 0 Å². The molecule has 4 saturated carbocycles. The number of aliphatic hydroxyl groups excluding tert-OH is 1. The normalized spacial score (nSPS) is 48.3. The average Bonchev–Trinajstić information content (AvgIpc) is 3.06. The largest absolute Gasteiger partial charge is 0.396 e. The SMILES string of the molecule is CC(C)CCC[C@@H](C)[C@H]1CC[C@H]2[C@@H]3CC(=O)[C@@]4(O)C[C@@H](CO)CC[C@]4(C)[C@H]3CC[C@]12C. The van der Waals surface area contributed by atoms with E-state index in [2.05, 4.69) is 34.6 Å². The molecule has 0 radical (unpaired) electrons. The molecule has 0 amide bonds. The van der Waals surface area contributed by atoms with Crippen molar-refractivity contribution in [3.05, 3.63) is 0 Å². The highest BCUT2D eigenvalue weighted by Gasteiger charge is 2.67.